The third kappa shape index (κ3) is 2.51. The molecule has 1 N–H and O–H groups in total. The van der Waals surface area contributed by atoms with Crippen LogP contribution in [0.4, 0.5) is 0 Å². The van der Waals surface area contributed by atoms with E-state index in [1.165, 1.54) is 19.4 Å². The summed E-state index contributed by atoms with van der Waals surface area (Å²) in [6.45, 7) is 7.22. The zero-order valence-electron chi connectivity index (χ0n) is 17.4. The molecule has 0 aromatic rings. The van der Waals surface area contributed by atoms with Crippen LogP contribution in [0.2, 0.25) is 0 Å². The van der Waals surface area contributed by atoms with E-state index in [0.717, 1.165) is 32.1 Å². The van der Waals surface area contributed by atoms with Gasteiger partial charge in [-0.2, -0.15) is 0 Å². The monoisotopic (exact) mass is 388 g/mol. The number of carbonyl (C=O) groups excluding carboxylic acids is 3. The first kappa shape index (κ1) is 19.8. The number of carbonyl (C=O) groups is 3. The Morgan fingerprint density at radius 2 is 1.79 bits per heavy atom. The third-order valence-electron chi connectivity index (χ3n) is 9.02. The lowest BCUT2D eigenvalue weighted by molar-refractivity contribution is -0.163. The predicted molar refractivity (Wildman–Crippen MR) is 103 cm³/mol. The molecule has 4 rings (SSSR count). The lowest BCUT2D eigenvalue weighted by atomic mass is 9.46. The van der Waals surface area contributed by atoms with E-state index in [-0.39, 0.29) is 22.4 Å². The third-order valence-corrected chi connectivity index (χ3v) is 9.02. The average Bonchev–Trinajstić information content (AvgIpc) is 2.88. The van der Waals surface area contributed by atoms with Crippen LogP contribution in [-0.2, 0) is 19.1 Å². The molecule has 154 valence electrons. The van der Waals surface area contributed by atoms with Crippen molar-refractivity contribution in [3.63, 3.8) is 0 Å². The maximum atomic E-state index is 12.5. The highest BCUT2D eigenvalue weighted by molar-refractivity contribution is 5.96. The number of allylic oxidation sites excluding steroid dienone is 1. The van der Waals surface area contributed by atoms with E-state index < -0.39 is 17.7 Å². The van der Waals surface area contributed by atoms with Crippen LogP contribution >= 0.6 is 0 Å². The molecule has 0 bridgehead atoms. The summed E-state index contributed by atoms with van der Waals surface area (Å²) < 4.78 is 5.35. The van der Waals surface area contributed by atoms with Crippen molar-refractivity contribution in [2.24, 2.45) is 28.6 Å². The predicted octanol–water partition coefficient (Wildman–Crippen LogP) is 3.38. The zero-order valence-corrected chi connectivity index (χ0v) is 17.4. The van der Waals surface area contributed by atoms with E-state index in [4.69, 9.17) is 4.74 Å². The first-order valence-electron chi connectivity index (χ1n) is 10.7. The Morgan fingerprint density at radius 3 is 2.43 bits per heavy atom. The Balaban J connectivity index is 1.67. The lowest BCUT2D eigenvalue weighted by Crippen LogP contribution is -2.57. The van der Waals surface area contributed by atoms with Crippen LogP contribution in [0.1, 0.15) is 72.6 Å². The molecule has 0 amide bonds. The number of fused-ring (bicyclic) bond motifs is 5. The number of hydrogen-bond donors (Lipinski definition) is 1. The van der Waals surface area contributed by atoms with Crippen molar-refractivity contribution in [1.82, 2.24) is 0 Å². The fourth-order valence-corrected chi connectivity index (χ4v) is 7.49. The second kappa shape index (κ2) is 6.25. The fraction of sp³-hybridized carbons (Fsp3) is 0.783. The Morgan fingerprint density at radius 1 is 1.11 bits per heavy atom. The molecule has 0 radical (unpaired) electrons. The van der Waals surface area contributed by atoms with E-state index in [1.807, 2.05) is 0 Å². The Hall–Kier alpha value is -1.49. The van der Waals surface area contributed by atoms with Crippen LogP contribution in [0, 0.1) is 28.6 Å². The molecule has 3 saturated carbocycles. The average molecular weight is 389 g/mol. The molecule has 0 aromatic carbocycles. The highest BCUT2D eigenvalue weighted by atomic mass is 16.5. The van der Waals surface area contributed by atoms with E-state index in [1.54, 1.807) is 6.08 Å². The largest absolute Gasteiger partial charge is 0.454 e. The van der Waals surface area contributed by atoms with Crippen LogP contribution in [0.5, 0.6) is 0 Å². The maximum absolute atomic E-state index is 12.5. The molecule has 1 unspecified atom stereocenters. The van der Waals surface area contributed by atoms with Gasteiger partial charge in [-0.15, -0.1) is 0 Å². The molecule has 28 heavy (non-hydrogen) atoms. The molecule has 0 heterocycles. The molecule has 5 heteroatoms. The Bertz CT molecular complexity index is 769. The van der Waals surface area contributed by atoms with Gasteiger partial charge in [0, 0.05) is 18.8 Å². The quantitative estimate of drug-likeness (QED) is 0.734. The number of ether oxygens (including phenoxy) is 1. The van der Waals surface area contributed by atoms with E-state index >= 15 is 0 Å². The zero-order chi connectivity index (χ0) is 20.5. The van der Waals surface area contributed by atoms with Crippen LogP contribution < -0.4 is 0 Å². The summed E-state index contributed by atoms with van der Waals surface area (Å²) in [5.74, 6) is 0.546. The minimum absolute atomic E-state index is 0.0893. The normalized spacial score (nSPS) is 47.5. The fourth-order valence-electron chi connectivity index (χ4n) is 7.49. The van der Waals surface area contributed by atoms with Crippen molar-refractivity contribution in [2.75, 3.05) is 0 Å². The second-order valence-electron chi connectivity index (χ2n) is 10.1. The maximum Gasteiger partial charge on any atom is 0.303 e. The van der Waals surface area contributed by atoms with Gasteiger partial charge >= 0.3 is 5.97 Å². The molecule has 0 aliphatic heterocycles. The van der Waals surface area contributed by atoms with Gasteiger partial charge in [0.25, 0.3) is 0 Å². The van der Waals surface area contributed by atoms with Gasteiger partial charge in [0.05, 0.1) is 0 Å². The van der Waals surface area contributed by atoms with E-state index in [0.29, 0.717) is 30.6 Å². The smallest absolute Gasteiger partial charge is 0.303 e. The number of ketones is 2. The molecule has 7 atom stereocenters. The van der Waals surface area contributed by atoms with Crippen molar-refractivity contribution in [3.8, 4) is 0 Å². The molecular weight excluding hydrogens is 356 g/mol. The van der Waals surface area contributed by atoms with Gasteiger partial charge in [-0.25, -0.2) is 0 Å². The van der Waals surface area contributed by atoms with Crippen molar-refractivity contribution < 1.29 is 24.2 Å². The topological polar surface area (TPSA) is 80.7 Å². The van der Waals surface area contributed by atoms with E-state index in [9.17, 15) is 19.5 Å². The summed E-state index contributed by atoms with van der Waals surface area (Å²) in [5, 5.41) is 11.2. The van der Waals surface area contributed by atoms with Gasteiger partial charge in [0.2, 0.25) is 0 Å². The van der Waals surface area contributed by atoms with Crippen LogP contribution in [0.25, 0.3) is 0 Å². The minimum atomic E-state index is -1.21. The van der Waals surface area contributed by atoms with Gasteiger partial charge < -0.3 is 9.84 Å². The van der Waals surface area contributed by atoms with E-state index in [2.05, 4.69) is 13.8 Å². The molecular formula is C23H32O5. The summed E-state index contributed by atoms with van der Waals surface area (Å²) in [6, 6.07) is 0. The van der Waals surface area contributed by atoms with Gasteiger partial charge in [-0.1, -0.05) is 19.4 Å². The van der Waals surface area contributed by atoms with Crippen molar-refractivity contribution in [1.29, 1.82) is 0 Å². The second-order valence-corrected chi connectivity index (χ2v) is 10.1. The molecule has 5 nitrogen and oxygen atoms in total. The van der Waals surface area contributed by atoms with Crippen LogP contribution in [-0.4, -0.2) is 34.3 Å². The number of rotatable bonds is 2. The number of hydrogen-bond acceptors (Lipinski definition) is 5. The molecule has 0 spiro atoms. The first-order chi connectivity index (χ1) is 13.0. The Labute approximate surface area is 166 Å². The van der Waals surface area contributed by atoms with Crippen molar-refractivity contribution >= 4 is 17.5 Å². The summed E-state index contributed by atoms with van der Waals surface area (Å²) >= 11 is 0. The molecule has 3 fully saturated rings. The number of aliphatic hydroxyl groups is 1. The molecule has 4 aliphatic carbocycles. The number of Topliss-reactive ketones (excluding diaryl/α,β-unsaturated/α-hetero) is 1. The highest BCUT2D eigenvalue weighted by Crippen LogP contribution is 2.67. The highest BCUT2D eigenvalue weighted by Gasteiger charge is 2.65. The Kier molecular flexibility index (Phi) is 4.42. The van der Waals surface area contributed by atoms with Gasteiger partial charge in [0.15, 0.2) is 17.7 Å². The lowest BCUT2D eigenvalue weighted by Gasteiger charge is -2.59. The standard InChI is InChI=1S/C23H32O5/c1-13(24)23(27)10-8-18-16-6-5-15-11-19(26)20(28-14(2)25)12-21(15,3)17(16)7-9-22(18,23)4/h11,16-18,20,27H,5-10,12H2,1-4H3/t16-,17+,18+,20?,21+,22+,23+/m1/s1. The summed E-state index contributed by atoms with van der Waals surface area (Å²) in [4.78, 5) is 36.2. The summed E-state index contributed by atoms with van der Waals surface area (Å²) in [7, 11) is 0. The molecule has 4 aliphatic rings. The van der Waals surface area contributed by atoms with Gasteiger partial charge in [-0.05, 0) is 74.7 Å². The summed E-state index contributed by atoms with van der Waals surface area (Å²) in [5.41, 5.74) is -0.528. The summed E-state index contributed by atoms with van der Waals surface area (Å²) in [6.07, 6.45) is 6.69. The van der Waals surface area contributed by atoms with Crippen LogP contribution in [0.15, 0.2) is 11.6 Å². The van der Waals surface area contributed by atoms with Crippen molar-refractivity contribution in [2.45, 2.75) is 84.3 Å². The SMILES string of the molecule is CC(=O)OC1C[C@@]2(C)C(=CC1=O)CC[C@@H]1[C@@H]2CC[C@@]2(C)[C@H]1CC[C@]2(O)C(C)=O. The van der Waals surface area contributed by atoms with Crippen LogP contribution in [0.3, 0.4) is 0 Å². The number of esters is 1. The first-order valence-corrected chi connectivity index (χ1v) is 10.7. The minimum Gasteiger partial charge on any atom is -0.454 e. The van der Waals surface area contributed by atoms with Gasteiger partial charge in [-0.3, -0.25) is 14.4 Å². The van der Waals surface area contributed by atoms with Crippen molar-refractivity contribution in [3.05, 3.63) is 11.6 Å². The molecule has 0 saturated heterocycles. The van der Waals surface area contributed by atoms with Gasteiger partial charge in [0.1, 0.15) is 5.60 Å². The molecule has 0 aromatic heterocycles.